The predicted molar refractivity (Wildman–Crippen MR) is 110 cm³/mol. The average molecular weight is 442 g/mol. The van der Waals surface area contributed by atoms with Crippen molar-refractivity contribution >= 4 is 17.8 Å². The first-order chi connectivity index (χ1) is 14.3. The highest BCUT2D eigenvalue weighted by atomic mass is 19.4. The van der Waals surface area contributed by atoms with E-state index in [1.807, 2.05) is 6.92 Å². The summed E-state index contributed by atoms with van der Waals surface area (Å²) >= 11 is 0. The van der Waals surface area contributed by atoms with Gasteiger partial charge < -0.3 is 15.4 Å². The molecule has 0 radical (unpaired) electrons. The van der Waals surface area contributed by atoms with Crippen LogP contribution < -0.4 is 10.6 Å². The lowest BCUT2D eigenvalue weighted by Gasteiger charge is -2.26. The van der Waals surface area contributed by atoms with E-state index in [4.69, 9.17) is 4.74 Å². The van der Waals surface area contributed by atoms with Gasteiger partial charge in [0.1, 0.15) is 17.7 Å². The molecule has 0 saturated heterocycles. The highest BCUT2D eigenvalue weighted by Gasteiger charge is 2.41. The van der Waals surface area contributed by atoms with Crippen molar-refractivity contribution in [3.05, 3.63) is 48.0 Å². The van der Waals surface area contributed by atoms with Crippen LogP contribution in [0.5, 0.6) is 0 Å². The highest BCUT2D eigenvalue weighted by molar-refractivity contribution is 5.92. The van der Waals surface area contributed by atoms with Crippen molar-refractivity contribution in [3.8, 4) is 0 Å². The Morgan fingerprint density at radius 1 is 1.00 bits per heavy atom. The minimum absolute atomic E-state index is 0.0970. The van der Waals surface area contributed by atoms with Crippen LogP contribution >= 0.6 is 0 Å². The SMILES string of the molecule is CC/C=C/C[C@H](NC(=O)[C@H](Cc1ccccc1)NC(=O)C(F)(F)F)C(=O)OC(C)(C)C. The van der Waals surface area contributed by atoms with Crippen LogP contribution in [0.15, 0.2) is 42.5 Å². The lowest BCUT2D eigenvalue weighted by molar-refractivity contribution is -0.174. The number of rotatable bonds is 9. The molecule has 0 aliphatic heterocycles. The van der Waals surface area contributed by atoms with Crippen LogP contribution in [-0.4, -0.2) is 41.6 Å². The van der Waals surface area contributed by atoms with Crippen molar-refractivity contribution < 1.29 is 32.3 Å². The van der Waals surface area contributed by atoms with Gasteiger partial charge >= 0.3 is 18.1 Å². The number of carbonyl (C=O) groups excluding carboxylic acids is 3. The summed E-state index contributed by atoms with van der Waals surface area (Å²) in [6, 6.07) is 5.63. The van der Waals surface area contributed by atoms with Crippen molar-refractivity contribution in [1.29, 1.82) is 0 Å². The first kappa shape index (κ1) is 26.2. The van der Waals surface area contributed by atoms with Crippen molar-refractivity contribution in [2.24, 2.45) is 0 Å². The molecule has 0 saturated carbocycles. The Balaban J connectivity index is 3.07. The molecule has 0 spiro atoms. The molecular formula is C22H29F3N2O4. The normalized spacial score (nSPS) is 14.0. The van der Waals surface area contributed by atoms with Gasteiger partial charge in [0.15, 0.2) is 0 Å². The molecule has 0 aliphatic rings. The zero-order valence-corrected chi connectivity index (χ0v) is 18.1. The number of alkyl halides is 3. The zero-order valence-electron chi connectivity index (χ0n) is 18.1. The Hall–Kier alpha value is -2.84. The van der Waals surface area contributed by atoms with E-state index in [0.29, 0.717) is 12.0 Å². The van der Waals surface area contributed by atoms with Gasteiger partial charge in [0, 0.05) is 6.42 Å². The fourth-order valence-electron chi connectivity index (χ4n) is 2.56. The smallest absolute Gasteiger partial charge is 0.458 e. The number of carbonyl (C=O) groups is 3. The van der Waals surface area contributed by atoms with E-state index in [0.717, 1.165) is 0 Å². The molecular weight excluding hydrogens is 413 g/mol. The van der Waals surface area contributed by atoms with Crippen LogP contribution in [-0.2, 0) is 25.5 Å². The molecule has 0 heterocycles. The molecule has 9 heteroatoms. The molecule has 172 valence electrons. The standard InChI is InChI=1S/C22H29F3N2O4/c1-5-6-8-13-16(19(29)31-21(2,3)4)26-18(28)17(27-20(30)22(23,24)25)14-15-11-9-7-10-12-15/h6-12,16-17H,5,13-14H2,1-4H3,(H,26,28)(H,27,30)/b8-6+/t16-,17-/m0/s1. The van der Waals surface area contributed by atoms with Crippen LogP contribution in [0.25, 0.3) is 0 Å². The lowest BCUT2D eigenvalue weighted by Crippen LogP contribution is -2.55. The van der Waals surface area contributed by atoms with Gasteiger partial charge in [-0.2, -0.15) is 13.2 Å². The van der Waals surface area contributed by atoms with Gasteiger partial charge in [-0.3, -0.25) is 9.59 Å². The van der Waals surface area contributed by atoms with E-state index >= 15 is 0 Å². The van der Waals surface area contributed by atoms with Gasteiger partial charge in [-0.15, -0.1) is 0 Å². The zero-order chi connectivity index (χ0) is 23.7. The molecule has 0 bridgehead atoms. The second-order valence-corrected chi connectivity index (χ2v) is 7.92. The minimum Gasteiger partial charge on any atom is -0.458 e. The van der Waals surface area contributed by atoms with Gasteiger partial charge in [-0.05, 0) is 39.2 Å². The van der Waals surface area contributed by atoms with Gasteiger partial charge in [-0.25, -0.2) is 4.79 Å². The molecule has 0 unspecified atom stereocenters. The fourth-order valence-corrected chi connectivity index (χ4v) is 2.56. The average Bonchev–Trinajstić information content (AvgIpc) is 2.65. The Morgan fingerprint density at radius 3 is 2.13 bits per heavy atom. The summed E-state index contributed by atoms with van der Waals surface area (Å²) in [5.41, 5.74) is -0.271. The molecule has 2 N–H and O–H groups in total. The first-order valence-electron chi connectivity index (χ1n) is 9.93. The molecule has 0 fully saturated rings. The number of hydrogen-bond acceptors (Lipinski definition) is 4. The summed E-state index contributed by atoms with van der Waals surface area (Å²) in [7, 11) is 0. The molecule has 0 aromatic heterocycles. The summed E-state index contributed by atoms with van der Waals surface area (Å²) in [4.78, 5) is 36.8. The predicted octanol–water partition coefficient (Wildman–Crippen LogP) is 3.46. The largest absolute Gasteiger partial charge is 0.471 e. The Morgan fingerprint density at radius 2 is 1.61 bits per heavy atom. The van der Waals surface area contributed by atoms with Crippen molar-refractivity contribution in [2.75, 3.05) is 0 Å². The Kier molecular flexibility index (Phi) is 9.74. The third-order valence-electron chi connectivity index (χ3n) is 3.94. The number of ether oxygens (including phenoxy) is 1. The van der Waals surface area contributed by atoms with E-state index in [2.05, 4.69) is 5.32 Å². The van der Waals surface area contributed by atoms with Crippen molar-refractivity contribution in [3.63, 3.8) is 0 Å². The van der Waals surface area contributed by atoms with E-state index < -0.39 is 41.6 Å². The minimum atomic E-state index is -5.15. The number of hydrogen-bond donors (Lipinski definition) is 2. The molecule has 0 aliphatic carbocycles. The van der Waals surface area contributed by atoms with E-state index in [1.54, 1.807) is 68.6 Å². The number of esters is 1. The van der Waals surface area contributed by atoms with Gasteiger partial charge in [0.25, 0.3) is 0 Å². The molecule has 1 aromatic carbocycles. The quantitative estimate of drug-likeness (QED) is 0.453. The fraction of sp³-hybridized carbons (Fsp3) is 0.500. The third kappa shape index (κ3) is 10.1. The van der Waals surface area contributed by atoms with Crippen molar-refractivity contribution in [2.45, 2.75) is 70.8 Å². The summed E-state index contributed by atoms with van der Waals surface area (Å²) in [5, 5.41) is 4.15. The summed E-state index contributed by atoms with van der Waals surface area (Å²) < 4.78 is 43.6. The number of nitrogens with one attached hydrogen (secondary N) is 2. The second kappa shape index (κ2) is 11.5. The summed E-state index contributed by atoms with van der Waals surface area (Å²) in [6.07, 6.45) is -1.07. The topological polar surface area (TPSA) is 84.5 Å². The number of allylic oxidation sites excluding steroid dienone is 1. The number of benzene rings is 1. The van der Waals surface area contributed by atoms with Crippen LogP contribution in [0.1, 0.15) is 46.1 Å². The molecule has 1 aromatic rings. The summed E-state index contributed by atoms with van der Waals surface area (Å²) in [5.74, 6) is -3.87. The maximum atomic E-state index is 12.8. The van der Waals surface area contributed by atoms with E-state index in [1.165, 1.54) is 0 Å². The molecule has 2 atom stereocenters. The first-order valence-corrected chi connectivity index (χ1v) is 9.93. The Labute approximate surface area is 180 Å². The lowest BCUT2D eigenvalue weighted by atomic mass is 10.0. The molecule has 2 amide bonds. The Bertz CT molecular complexity index is 771. The van der Waals surface area contributed by atoms with E-state index in [-0.39, 0.29) is 12.8 Å². The highest BCUT2D eigenvalue weighted by Crippen LogP contribution is 2.16. The maximum Gasteiger partial charge on any atom is 0.471 e. The van der Waals surface area contributed by atoms with Crippen LogP contribution in [0.4, 0.5) is 13.2 Å². The van der Waals surface area contributed by atoms with Gasteiger partial charge in [0.05, 0.1) is 0 Å². The number of halogens is 3. The molecule has 31 heavy (non-hydrogen) atoms. The van der Waals surface area contributed by atoms with Crippen molar-refractivity contribution in [1.82, 2.24) is 10.6 Å². The molecule has 6 nitrogen and oxygen atoms in total. The van der Waals surface area contributed by atoms with Crippen LogP contribution in [0.2, 0.25) is 0 Å². The maximum absolute atomic E-state index is 12.8. The second-order valence-electron chi connectivity index (χ2n) is 7.92. The van der Waals surface area contributed by atoms with Gasteiger partial charge in [0.2, 0.25) is 5.91 Å². The van der Waals surface area contributed by atoms with Gasteiger partial charge in [-0.1, -0.05) is 49.4 Å². The third-order valence-corrected chi connectivity index (χ3v) is 3.94. The number of amides is 2. The van der Waals surface area contributed by atoms with Crippen LogP contribution in [0, 0.1) is 0 Å². The van der Waals surface area contributed by atoms with Crippen LogP contribution in [0.3, 0.4) is 0 Å². The monoisotopic (exact) mass is 442 g/mol. The van der Waals surface area contributed by atoms with E-state index in [9.17, 15) is 27.6 Å². The summed E-state index contributed by atoms with van der Waals surface area (Å²) in [6.45, 7) is 6.87. The molecule has 1 rings (SSSR count).